The molecule has 1 nitrogen and oxygen atoms in total. The molecule has 0 aromatic rings. The zero-order valence-corrected chi connectivity index (χ0v) is 3.63. The third-order valence-electron chi connectivity index (χ3n) is 0. The Hall–Kier alpha value is 0.150. The van der Waals surface area contributed by atoms with Crippen molar-refractivity contribution in [1.82, 2.24) is 0 Å². The van der Waals surface area contributed by atoms with Crippen LogP contribution in [0.5, 0.6) is 0 Å². The van der Waals surface area contributed by atoms with Crippen molar-refractivity contribution in [3.8, 4) is 0 Å². The van der Waals surface area contributed by atoms with Gasteiger partial charge in [0.2, 0.25) is 0 Å². The Bertz CT molecular complexity index is 34.5. The first kappa shape index (κ1) is 2.39. The van der Waals surface area contributed by atoms with Crippen LogP contribution in [0, 0.1) is 0 Å². The molecule has 0 atom stereocenters. The van der Waals surface area contributed by atoms with Crippen LogP contribution in [0.2, 0.25) is 0 Å². The summed E-state index contributed by atoms with van der Waals surface area (Å²) in [5, 5.41) is 0. The van der Waals surface area contributed by atoms with Crippen molar-refractivity contribution in [2.75, 3.05) is 12.5 Å². The quantitative estimate of drug-likeness (QED) is 0.409. The van der Waals surface area contributed by atoms with E-state index in [4.69, 9.17) is 2.97 Å². The zero-order valence-electron chi connectivity index (χ0n) is 4.82. The molecule has 0 saturated carbocycles. The summed E-state index contributed by atoms with van der Waals surface area (Å²) in [6.45, 7) is 0. The highest BCUT2D eigenvalue weighted by molar-refractivity contribution is 7.83. The lowest BCUT2D eigenvalue weighted by Gasteiger charge is -1.60. The molecular weight excluding hydrogens is 72.1 g/mol. The van der Waals surface area contributed by atoms with Crippen molar-refractivity contribution < 1.29 is 7.18 Å². The van der Waals surface area contributed by atoms with Crippen LogP contribution < -0.4 is 0 Å². The van der Waals surface area contributed by atoms with Gasteiger partial charge in [-0.05, 0) is 0 Å². The molecule has 2 heteroatoms. The van der Waals surface area contributed by atoms with Crippen LogP contribution in [-0.4, -0.2) is 16.7 Å². The average Bonchev–Trinajstić information content (AvgIpc) is 1.41. The zero-order chi connectivity index (χ0) is 5.58. The molecule has 0 aliphatic carbocycles. The van der Waals surface area contributed by atoms with Crippen molar-refractivity contribution in [3.05, 3.63) is 0 Å². The molecule has 0 aromatic heterocycles. The van der Waals surface area contributed by atoms with E-state index >= 15 is 0 Å². The first-order chi connectivity index (χ1) is 2.73. The first-order valence-electron chi connectivity index (χ1n) is 1.98. The second kappa shape index (κ2) is 1.47. The molecule has 0 spiro atoms. The number of hydrogen-bond acceptors (Lipinski definition) is 1. The van der Waals surface area contributed by atoms with E-state index in [1.54, 1.807) is 12.5 Å². The Morgan fingerprint density at radius 2 is 2.00 bits per heavy atom. The predicted octanol–water partition coefficient (Wildman–Crippen LogP) is 0.241. The predicted molar refractivity (Wildman–Crippen MR) is 22.1 cm³/mol. The Kier molecular flexibility index (Phi) is 0.877. The Morgan fingerprint density at radius 1 is 2.00 bits per heavy atom. The van der Waals surface area contributed by atoms with Gasteiger partial charge in [-0.15, -0.1) is 0 Å². The Labute approximate surface area is 31.6 Å². The van der Waals surface area contributed by atoms with Gasteiger partial charge in [-0.25, -0.2) is 0 Å². The van der Waals surface area contributed by atoms with Crippen LogP contribution in [0.15, 0.2) is 0 Å². The molecule has 0 radical (unpaired) electrons. The monoisotopic (exact) mass is 82.0 g/mol. The van der Waals surface area contributed by atoms with Crippen LogP contribution in [0.3, 0.4) is 0 Å². The lowest BCUT2D eigenvalue weighted by atomic mass is 11.9. The van der Waals surface area contributed by atoms with Gasteiger partial charge < -0.3 is 0 Å². The maximum Gasteiger partial charge on any atom is 0.0148 e. The molecule has 0 fully saturated rings. The summed E-state index contributed by atoms with van der Waals surface area (Å²) >= 11 is 0. The molecule has 0 amide bonds. The molecule has 0 aromatic carbocycles. The van der Waals surface area contributed by atoms with Crippen LogP contribution in [0.25, 0.3) is 0 Å². The summed E-state index contributed by atoms with van der Waals surface area (Å²) in [4.78, 5) is 0. The topological polar surface area (TPSA) is 17.1 Å². The minimum Gasteiger partial charge on any atom is -0.260 e. The van der Waals surface area contributed by atoms with Gasteiger partial charge in [0.05, 0.1) is 0 Å². The van der Waals surface area contributed by atoms with E-state index in [1.807, 2.05) is 0 Å². The summed E-state index contributed by atoms with van der Waals surface area (Å²) in [6.07, 6.45) is 3.28. The Balaban J connectivity index is 0. The van der Waals surface area contributed by atoms with E-state index in [0.29, 0.717) is 0 Å². The summed E-state index contributed by atoms with van der Waals surface area (Å²) in [5.41, 5.74) is 0. The molecule has 0 rings (SSSR count). The molecule has 0 aliphatic heterocycles. The normalized spacial score (nSPS) is 10.8. The second-order valence-corrected chi connectivity index (χ2v) is 2.22. The van der Waals surface area contributed by atoms with Gasteiger partial charge in [0, 0.05) is 26.3 Å². The van der Waals surface area contributed by atoms with Crippen LogP contribution in [-0.2, 0) is 10.8 Å². The van der Waals surface area contributed by atoms with Gasteiger partial charge in [-0.2, -0.15) is 0 Å². The molecule has 0 unspecified atom stereocenters. The summed E-state index contributed by atoms with van der Waals surface area (Å²) < 4.78 is 19.6. The fraction of sp³-hybridized carbons (Fsp3) is 1.00. The summed E-state index contributed by atoms with van der Waals surface area (Å²) in [5.74, 6) is 0. The van der Waals surface area contributed by atoms with Gasteiger partial charge in [0.1, 0.15) is 0 Å². The SMILES string of the molecule is CS(C)=O.[2H][2H]. The van der Waals surface area contributed by atoms with Gasteiger partial charge in [0.15, 0.2) is 0 Å². The van der Waals surface area contributed by atoms with Gasteiger partial charge in [-0.3, -0.25) is 4.21 Å². The van der Waals surface area contributed by atoms with Crippen molar-refractivity contribution in [2.24, 2.45) is 0 Å². The molecule has 4 heavy (non-hydrogen) atoms. The van der Waals surface area contributed by atoms with Crippen LogP contribution >= 0.6 is 0 Å². The number of hydrogen-bond donors (Lipinski definition) is 0. The lowest BCUT2D eigenvalue weighted by Crippen LogP contribution is -1.70. The van der Waals surface area contributed by atoms with Crippen LogP contribution in [0.1, 0.15) is 2.97 Å². The average molecular weight is 82.2 g/mol. The van der Waals surface area contributed by atoms with Crippen LogP contribution in [0.4, 0.5) is 0 Å². The van der Waals surface area contributed by atoms with Crippen molar-refractivity contribution >= 4 is 10.8 Å². The fourth-order valence-corrected chi connectivity index (χ4v) is 0. The maximum absolute atomic E-state index is 9.56. The molecule has 28 valence electrons. The van der Waals surface area contributed by atoms with Crippen molar-refractivity contribution in [2.45, 2.75) is 0 Å². The number of rotatable bonds is 0. The molecule has 0 N–H and O–H groups in total. The third kappa shape index (κ3) is 126. The Morgan fingerprint density at radius 3 is 2.00 bits per heavy atom. The first-order valence-corrected chi connectivity index (χ1v) is 2.95. The van der Waals surface area contributed by atoms with Gasteiger partial charge >= 0.3 is 0 Å². The second-order valence-electron chi connectivity index (χ2n) is 0.742. The van der Waals surface area contributed by atoms with Crippen molar-refractivity contribution in [3.63, 3.8) is 0 Å². The van der Waals surface area contributed by atoms with E-state index < -0.39 is 10.8 Å². The fourth-order valence-electron chi connectivity index (χ4n) is 0. The molecule has 0 bridgehead atoms. The van der Waals surface area contributed by atoms with Gasteiger partial charge in [0.25, 0.3) is 0 Å². The van der Waals surface area contributed by atoms with E-state index in [2.05, 4.69) is 0 Å². The molecule has 0 heterocycles. The minimum absolute atomic E-state index is 0.611. The summed E-state index contributed by atoms with van der Waals surface area (Å²) in [7, 11) is -0.611. The maximum atomic E-state index is 9.56. The highest BCUT2D eigenvalue weighted by atomic mass is 32.2. The largest absolute Gasteiger partial charge is 0.260 e. The van der Waals surface area contributed by atoms with E-state index in [-0.39, 0.29) is 0 Å². The third-order valence-corrected chi connectivity index (χ3v) is 0. The molecule has 0 aliphatic rings. The van der Waals surface area contributed by atoms with E-state index in [9.17, 15) is 4.21 Å². The highest BCUT2D eigenvalue weighted by Gasteiger charge is 1.57. The lowest BCUT2D eigenvalue weighted by molar-refractivity contribution is 0.690. The smallest absolute Gasteiger partial charge is 0.0148 e. The standard InChI is InChI=1S/C2H6OS.H2/c1-4(2)3;/h1-2H3;1H/i;1+1D. The van der Waals surface area contributed by atoms with E-state index in [1.165, 1.54) is 0 Å². The molecular formula is C2H8OS. The van der Waals surface area contributed by atoms with Gasteiger partial charge in [-0.1, -0.05) is 0 Å². The highest BCUT2D eigenvalue weighted by Crippen LogP contribution is 1.47. The summed E-state index contributed by atoms with van der Waals surface area (Å²) in [6, 6.07) is 0. The molecule has 0 saturated heterocycles. The van der Waals surface area contributed by atoms with Crippen molar-refractivity contribution in [1.29, 1.82) is 0 Å². The minimum atomic E-state index is -0.611. The van der Waals surface area contributed by atoms with E-state index in [0.717, 1.165) is 0 Å².